The highest BCUT2D eigenvalue weighted by Gasteiger charge is 2.28. The van der Waals surface area contributed by atoms with Crippen LogP contribution >= 0.6 is 34.9 Å². The molecule has 1 aromatic carbocycles. The van der Waals surface area contributed by atoms with Crippen LogP contribution in [0, 0.1) is 11.3 Å². The lowest BCUT2D eigenvalue weighted by Gasteiger charge is -2.25. The zero-order valence-corrected chi connectivity index (χ0v) is 15.2. The molecule has 0 N–H and O–H groups in total. The molecule has 2 aromatic heterocycles. The topological polar surface area (TPSA) is 85.9 Å². The Balaban J connectivity index is 1.59. The summed E-state index contributed by atoms with van der Waals surface area (Å²) in [7, 11) is 1.84. The lowest BCUT2D eigenvalue weighted by atomic mass is 10.2. The minimum absolute atomic E-state index is 0.206. The summed E-state index contributed by atoms with van der Waals surface area (Å²) >= 11 is 8.37. The molecule has 0 aliphatic carbocycles. The Labute approximate surface area is 156 Å². The van der Waals surface area contributed by atoms with Crippen LogP contribution in [0.2, 0.25) is 5.15 Å². The first-order chi connectivity index (χ1) is 12.2. The first-order valence-electron chi connectivity index (χ1n) is 7.18. The van der Waals surface area contributed by atoms with Crippen molar-refractivity contribution in [2.45, 2.75) is 15.5 Å². The van der Waals surface area contributed by atoms with Crippen LogP contribution in [-0.4, -0.2) is 25.7 Å². The van der Waals surface area contributed by atoms with Gasteiger partial charge in [-0.1, -0.05) is 23.7 Å². The number of hydrogen-bond acceptors (Lipinski definition) is 8. The van der Waals surface area contributed by atoms with E-state index in [0.717, 1.165) is 11.5 Å². The van der Waals surface area contributed by atoms with Crippen molar-refractivity contribution in [3.8, 4) is 17.6 Å². The van der Waals surface area contributed by atoms with Crippen molar-refractivity contribution in [2.24, 2.45) is 7.05 Å². The molecule has 0 bridgehead atoms. The number of fused-ring (bicyclic) bond motifs is 1. The summed E-state index contributed by atoms with van der Waals surface area (Å²) in [5.41, 5.74) is 0.354. The normalized spacial score (nSPS) is 15.8. The highest BCUT2D eigenvalue weighted by atomic mass is 35.5. The lowest BCUT2D eigenvalue weighted by Crippen LogP contribution is -2.24. The number of nitriles is 1. The van der Waals surface area contributed by atoms with E-state index in [0.29, 0.717) is 38.9 Å². The summed E-state index contributed by atoms with van der Waals surface area (Å²) in [6.07, 6.45) is -0.359. The fourth-order valence-electron chi connectivity index (χ4n) is 2.34. The van der Waals surface area contributed by atoms with Crippen LogP contribution in [-0.2, 0) is 7.05 Å². The first kappa shape index (κ1) is 16.2. The van der Waals surface area contributed by atoms with E-state index in [-0.39, 0.29) is 11.3 Å². The lowest BCUT2D eigenvalue weighted by molar-refractivity contribution is 0.0825. The number of para-hydroxylation sites is 2. The van der Waals surface area contributed by atoms with Crippen LogP contribution in [0.25, 0.3) is 0 Å². The summed E-state index contributed by atoms with van der Waals surface area (Å²) < 4.78 is 18.2. The van der Waals surface area contributed by atoms with Gasteiger partial charge in [0.2, 0.25) is 0 Å². The Morgan fingerprint density at radius 3 is 2.96 bits per heavy atom. The zero-order chi connectivity index (χ0) is 17.4. The number of halogens is 1. The maximum atomic E-state index is 9.18. The smallest absolute Gasteiger partial charge is 0.196 e. The second-order valence-corrected chi connectivity index (χ2v) is 7.48. The Bertz CT molecular complexity index is 981. The van der Waals surface area contributed by atoms with Gasteiger partial charge in [-0.2, -0.15) is 9.64 Å². The Morgan fingerprint density at radius 2 is 2.16 bits per heavy atom. The third-order valence-corrected chi connectivity index (χ3v) is 6.00. The number of ether oxygens (including phenoxy) is 2. The van der Waals surface area contributed by atoms with Gasteiger partial charge in [0.05, 0.1) is 0 Å². The van der Waals surface area contributed by atoms with E-state index in [1.54, 1.807) is 0 Å². The van der Waals surface area contributed by atoms with Crippen LogP contribution in [0.5, 0.6) is 11.5 Å². The Kier molecular flexibility index (Phi) is 4.25. The van der Waals surface area contributed by atoms with E-state index in [9.17, 15) is 5.26 Å². The van der Waals surface area contributed by atoms with Gasteiger partial charge < -0.3 is 14.0 Å². The van der Waals surface area contributed by atoms with Crippen LogP contribution < -0.4 is 9.47 Å². The highest BCUT2D eigenvalue weighted by molar-refractivity contribution is 8.01. The van der Waals surface area contributed by atoms with Gasteiger partial charge in [0, 0.05) is 7.05 Å². The van der Waals surface area contributed by atoms with Gasteiger partial charge in [-0.15, -0.1) is 10.2 Å². The molecule has 4 rings (SSSR count). The maximum Gasteiger partial charge on any atom is 0.196 e. The fourth-order valence-corrected chi connectivity index (χ4v) is 4.39. The predicted molar refractivity (Wildman–Crippen MR) is 92.3 cm³/mol. The molecule has 126 valence electrons. The third kappa shape index (κ3) is 2.93. The summed E-state index contributed by atoms with van der Waals surface area (Å²) in [5, 5.41) is 18.4. The van der Waals surface area contributed by atoms with Crippen molar-refractivity contribution in [1.29, 1.82) is 5.26 Å². The molecule has 0 saturated carbocycles. The molecule has 0 amide bonds. The second-order valence-electron chi connectivity index (χ2n) is 5.11. The van der Waals surface area contributed by atoms with Gasteiger partial charge in [-0.05, 0) is 35.4 Å². The molecule has 0 spiro atoms. The number of benzene rings is 1. The summed E-state index contributed by atoms with van der Waals surface area (Å²) in [6.45, 7) is 0.351. The molecule has 1 aliphatic heterocycles. The van der Waals surface area contributed by atoms with E-state index < -0.39 is 0 Å². The molecule has 3 heterocycles. The minimum Gasteiger partial charge on any atom is -0.485 e. The van der Waals surface area contributed by atoms with Crippen molar-refractivity contribution in [3.05, 3.63) is 40.8 Å². The van der Waals surface area contributed by atoms with Gasteiger partial charge in [0.25, 0.3) is 0 Å². The highest BCUT2D eigenvalue weighted by Crippen LogP contribution is 2.38. The second kappa shape index (κ2) is 6.55. The van der Waals surface area contributed by atoms with E-state index in [4.69, 9.17) is 21.1 Å². The van der Waals surface area contributed by atoms with Crippen molar-refractivity contribution in [3.63, 3.8) is 0 Å². The SMILES string of the molecule is Cn1c(Sc2snc(Cl)c2C#N)nnc1C1COc2ccccc2O1. The van der Waals surface area contributed by atoms with E-state index in [1.807, 2.05) is 35.9 Å². The number of nitrogens with zero attached hydrogens (tertiary/aromatic N) is 5. The number of aromatic nitrogens is 4. The monoisotopic (exact) mass is 391 g/mol. The predicted octanol–water partition coefficient (Wildman–Crippen LogP) is 3.46. The van der Waals surface area contributed by atoms with Gasteiger partial charge >= 0.3 is 0 Å². The van der Waals surface area contributed by atoms with Crippen molar-refractivity contribution in [1.82, 2.24) is 19.1 Å². The van der Waals surface area contributed by atoms with Crippen molar-refractivity contribution in [2.75, 3.05) is 6.61 Å². The largest absolute Gasteiger partial charge is 0.485 e. The first-order valence-corrected chi connectivity index (χ1v) is 9.15. The molecular formula is C15H10ClN5O2S2. The van der Waals surface area contributed by atoms with Crippen LogP contribution in [0.4, 0.5) is 0 Å². The molecule has 1 atom stereocenters. The van der Waals surface area contributed by atoms with Gasteiger partial charge in [0.15, 0.2) is 33.7 Å². The number of hydrogen-bond donors (Lipinski definition) is 0. The molecule has 3 aromatic rings. The molecule has 0 radical (unpaired) electrons. The van der Waals surface area contributed by atoms with Gasteiger partial charge in [-0.25, -0.2) is 0 Å². The third-order valence-electron chi connectivity index (χ3n) is 3.58. The quantitative estimate of drug-likeness (QED) is 0.675. The zero-order valence-electron chi connectivity index (χ0n) is 12.8. The summed E-state index contributed by atoms with van der Waals surface area (Å²) in [6, 6.07) is 9.56. The molecular weight excluding hydrogens is 382 g/mol. The maximum absolute atomic E-state index is 9.18. The molecule has 1 aliphatic rings. The summed E-state index contributed by atoms with van der Waals surface area (Å²) in [5.74, 6) is 2.04. The molecule has 25 heavy (non-hydrogen) atoms. The molecule has 0 fully saturated rings. The molecule has 10 heteroatoms. The molecule has 1 unspecified atom stereocenters. The fraction of sp³-hybridized carbons (Fsp3) is 0.200. The standard InChI is InChI=1S/C15H10ClN5O2S2/c1-21-13(11-7-22-9-4-2-3-5-10(9)23-11)18-19-15(21)24-14-8(6-17)12(16)20-25-14/h2-5,11H,7H2,1H3. The molecule has 7 nitrogen and oxygen atoms in total. The minimum atomic E-state index is -0.359. The van der Waals surface area contributed by atoms with E-state index >= 15 is 0 Å². The Morgan fingerprint density at radius 1 is 1.36 bits per heavy atom. The summed E-state index contributed by atoms with van der Waals surface area (Å²) in [4.78, 5) is 0. The number of rotatable bonds is 3. The van der Waals surface area contributed by atoms with Crippen LogP contribution in [0.15, 0.2) is 33.6 Å². The van der Waals surface area contributed by atoms with Crippen molar-refractivity contribution < 1.29 is 9.47 Å². The van der Waals surface area contributed by atoms with Crippen LogP contribution in [0.1, 0.15) is 17.5 Å². The van der Waals surface area contributed by atoms with E-state index in [2.05, 4.69) is 20.6 Å². The van der Waals surface area contributed by atoms with Crippen molar-refractivity contribution >= 4 is 34.9 Å². The average Bonchev–Trinajstić information content (AvgIpc) is 3.17. The van der Waals surface area contributed by atoms with Crippen LogP contribution in [0.3, 0.4) is 0 Å². The van der Waals surface area contributed by atoms with E-state index in [1.165, 1.54) is 11.8 Å². The van der Waals surface area contributed by atoms with Gasteiger partial charge in [-0.3, -0.25) is 0 Å². The Hall–Kier alpha value is -2.28. The average molecular weight is 392 g/mol. The van der Waals surface area contributed by atoms with Gasteiger partial charge in [0.1, 0.15) is 22.4 Å². The molecule has 0 saturated heterocycles.